The quantitative estimate of drug-likeness (QED) is 0.649. The molecule has 0 aliphatic carbocycles. The second kappa shape index (κ2) is 7.06. The van der Waals surface area contributed by atoms with Crippen LogP contribution in [-0.4, -0.2) is 5.33 Å². The third-order valence-electron chi connectivity index (χ3n) is 3.07. The van der Waals surface area contributed by atoms with Crippen molar-refractivity contribution in [2.75, 3.05) is 5.33 Å². The third-order valence-corrected chi connectivity index (χ3v) is 4.24. The Morgan fingerprint density at radius 2 is 1.68 bits per heavy atom. The summed E-state index contributed by atoms with van der Waals surface area (Å²) in [5.41, 5.74) is 2.30. The molecule has 1 atom stereocenters. The maximum absolute atomic E-state index is 13.2. The molecular weight excluding hydrogens is 327 g/mol. The van der Waals surface area contributed by atoms with Gasteiger partial charge in [0.25, 0.3) is 0 Å². The molecule has 0 amide bonds. The van der Waals surface area contributed by atoms with Crippen molar-refractivity contribution in [1.29, 1.82) is 0 Å². The van der Waals surface area contributed by atoms with E-state index in [1.807, 2.05) is 30.3 Å². The molecule has 1 unspecified atom stereocenters. The molecule has 2 aromatic carbocycles. The molecule has 0 N–H and O–H groups in total. The van der Waals surface area contributed by atoms with Crippen LogP contribution in [-0.2, 0) is 12.8 Å². The molecule has 0 radical (unpaired) electrons. The zero-order valence-corrected chi connectivity index (χ0v) is 12.8. The fraction of sp³-hybridized carbons (Fsp3) is 0.250. The largest absolute Gasteiger partial charge is 0.207 e. The van der Waals surface area contributed by atoms with E-state index in [-0.39, 0.29) is 5.82 Å². The highest BCUT2D eigenvalue weighted by Crippen LogP contribution is 2.19. The summed E-state index contributed by atoms with van der Waals surface area (Å²) >= 11 is 9.42. The first-order valence-corrected chi connectivity index (χ1v) is 7.72. The van der Waals surface area contributed by atoms with E-state index in [9.17, 15) is 4.39 Å². The van der Waals surface area contributed by atoms with Gasteiger partial charge in [0.15, 0.2) is 0 Å². The van der Waals surface area contributed by atoms with Crippen molar-refractivity contribution in [3.05, 3.63) is 70.5 Å². The minimum absolute atomic E-state index is 0.169. The minimum Gasteiger partial charge on any atom is -0.207 e. The van der Waals surface area contributed by atoms with E-state index in [0.29, 0.717) is 5.92 Å². The second-order valence-corrected chi connectivity index (χ2v) is 5.77. The van der Waals surface area contributed by atoms with Gasteiger partial charge in [0.05, 0.1) is 0 Å². The van der Waals surface area contributed by atoms with Crippen molar-refractivity contribution in [1.82, 2.24) is 0 Å². The molecule has 0 spiro atoms. The normalized spacial score (nSPS) is 12.4. The van der Waals surface area contributed by atoms with Crippen molar-refractivity contribution in [2.24, 2.45) is 5.92 Å². The summed E-state index contributed by atoms with van der Waals surface area (Å²) in [5.74, 6) is 0.278. The lowest BCUT2D eigenvalue weighted by atomic mass is 9.94. The molecule has 19 heavy (non-hydrogen) atoms. The van der Waals surface area contributed by atoms with Crippen molar-refractivity contribution in [3.8, 4) is 0 Å². The van der Waals surface area contributed by atoms with E-state index in [2.05, 4.69) is 15.9 Å². The van der Waals surface area contributed by atoms with Gasteiger partial charge in [-0.15, -0.1) is 0 Å². The second-order valence-electron chi connectivity index (χ2n) is 4.68. The highest BCUT2D eigenvalue weighted by atomic mass is 79.9. The molecule has 3 heteroatoms. The Hall–Kier alpha value is -0.860. The molecular formula is C16H15BrClF. The Labute approximate surface area is 126 Å². The Morgan fingerprint density at radius 1 is 1.00 bits per heavy atom. The summed E-state index contributed by atoms with van der Waals surface area (Å²) in [7, 11) is 0. The summed E-state index contributed by atoms with van der Waals surface area (Å²) < 4.78 is 13.2. The van der Waals surface area contributed by atoms with E-state index in [0.717, 1.165) is 28.8 Å². The lowest BCUT2D eigenvalue weighted by molar-refractivity contribution is 0.582. The first-order valence-electron chi connectivity index (χ1n) is 6.22. The first kappa shape index (κ1) is 14.5. The van der Waals surface area contributed by atoms with Crippen molar-refractivity contribution in [2.45, 2.75) is 12.8 Å². The monoisotopic (exact) mass is 340 g/mol. The molecule has 0 saturated heterocycles. The minimum atomic E-state index is -0.169. The topological polar surface area (TPSA) is 0 Å². The van der Waals surface area contributed by atoms with Crippen LogP contribution in [0.3, 0.4) is 0 Å². The molecule has 2 aromatic rings. The molecule has 0 aliphatic rings. The number of benzene rings is 2. The Balaban J connectivity index is 2.02. The summed E-state index contributed by atoms with van der Waals surface area (Å²) in [6.45, 7) is 0. The average Bonchev–Trinajstić information content (AvgIpc) is 2.40. The maximum Gasteiger partial charge on any atom is 0.123 e. The molecule has 0 nitrogen and oxygen atoms in total. The van der Waals surface area contributed by atoms with E-state index < -0.39 is 0 Å². The lowest BCUT2D eigenvalue weighted by Gasteiger charge is -2.14. The van der Waals surface area contributed by atoms with Crippen LogP contribution >= 0.6 is 27.5 Å². The van der Waals surface area contributed by atoms with Gasteiger partial charge >= 0.3 is 0 Å². The van der Waals surface area contributed by atoms with Gasteiger partial charge in [-0.2, -0.15) is 0 Å². The number of hydrogen-bond donors (Lipinski definition) is 0. The van der Waals surface area contributed by atoms with Crippen LogP contribution in [0.25, 0.3) is 0 Å². The van der Waals surface area contributed by atoms with Gasteiger partial charge in [0.1, 0.15) is 5.82 Å². The van der Waals surface area contributed by atoms with Crippen LogP contribution in [0.5, 0.6) is 0 Å². The molecule has 100 valence electrons. The zero-order valence-electron chi connectivity index (χ0n) is 10.5. The van der Waals surface area contributed by atoms with Crippen LogP contribution < -0.4 is 0 Å². The smallest absolute Gasteiger partial charge is 0.123 e. The van der Waals surface area contributed by atoms with Crippen molar-refractivity contribution >= 4 is 27.5 Å². The van der Waals surface area contributed by atoms with Crippen LogP contribution in [0.4, 0.5) is 4.39 Å². The molecule has 0 aliphatic heterocycles. The van der Waals surface area contributed by atoms with Gasteiger partial charge in [-0.1, -0.05) is 51.8 Å². The van der Waals surface area contributed by atoms with Crippen LogP contribution in [0.15, 0.2) is 48.5 Å². The molecule has 0 bridgehead atoms. The SMILES string of the molecule is Fc1cccc(CC(CBr)Cc2ccc(Cl)cc2)c1. The zero-order chi connectivity index (χ0) is 13.7. The molecule has 0 saturated carbocycles. The van der Waals surface area contributed by atoms with Crippen LogP contribution in [0.1, 0.15) is 11.1 Å². The van der Waals surface area contributed by atoms with Gasteiger partial charge < -0.3 is 0 Å². The standard InChI is InChI=1S/C16H15BrClF/c17-11-14(8-12-4-6-15(18)7-5-12)9-13-2-1-3-16(19)10-13/h1-7,10,14H,8-9,11H2. The van der Waals surface area contributed by atoms with Gasteiger partial charge in [0.2, 0.25) is 0 Å². The molecule has 0 fully saturated rings. The van der Waals surface area contributed by atoms with Crippen LogP contribution in [0.2, 0.25) is 5.02 Å². The van der Waals surface area contributed by atoms with E-state index in [4.69, 9.17) is 11.6 Å². The summed E-state index contributed by atoms with van der Waals surface area (Å²) in [4.78, 5) is 0. The number of halogens is 3. The van der Waals surface area contributed by atoms with E-state index >= 15 is 0 Å². The fourth-order valence-electron chi connectivity index (χ4n) is 2.13. The predicted molar refractivity (Wildman–Crippen MR) is 82.5 cm³/mol. The molecule has 2 rings (SSSR count). The van der Waals surface area contributed by atoms with E-state index in [1.54, 1.807) is 12.1 Å². The Kier molecular flexibility index (Phi) is 5.41. The lowest BCUT2D eigenvalue weighted by Crippen LogP contribution is -2.10. The fourth-order valence-corrected chi connectivity index (χ4v) is 2.72. The number of alkyl halides is 1. The van der Waals surface area contributed by atoms with E-state index in [1.165, 1.54) is 11.6 Å². The Morgan fingerprint density at radius 3 is 2.32 bits per heavy atom. The summed E-state index contributed by atoms with van der Waals surface area (Å²) in [5, 5.41) is 1.65. The average molecular weight is 342 g/mol. The first-order chi connectivity index (χ1) is 9.17. The Bertz CT molecular complexity index is 525. The molecule has 0 heterocycles. The number of hydrogen-bond acceptors (Lipinski definition) is 0. The van der Waals surface area contributed by atoms with Gasteiger partial charge in [-0.3, -0.25) is 0 Å². The van der Waals surface area contributed by atoms with Gasteiger partial charge in [-0.05, 0) is 54.2 Å². The summed E-state index contributed by atoms with van der Waals surface area (Å²) in [6.07, 6.45) is 1.82. The highest BCUT2D eigenvalue weighted by molar-refractivity contribution is 9.09. The van der Waals surface area contributed by atoms with Gasteiger partial charge in [-0.25, -0.2) is 4.39 Å². The molecule has 0 aromatic heterocycles. The highest BCUT2D eigenvalue weighted by Gasteiger charge is 2.10. The third kappa shape index (κ3) is 4.63. The van der Waals surface area contributed by atoms with Gasteiger partial charge in [0, 0.05) is 10.4 Å². The van der Waals surface area contributed by atoms with Crippen LogP contribution in [0, 0.1) is 11.7 Å². The van der Waals surface area contributed by atoms with Crippen molar-refractivity contribution in [3.63, 3.8) is 0 Å². The predicted octanol–water partition coefficient (Wildman–Crippen LogP) is 5.28. The maximum atomic E-state index is 13.2. The van der Waals surface area contributed by atoms with Crippen molar-refractivity contribution < 1.29 is 4.39 Å². The summed E-state index contributed by atoms with van der Waals surface area (Å²) in [6, 6.07) is 14.7. The number of rotatable bonds is 5.